The molecule has 0 aliphatic carbocycles. The van der Waals surface area contributed by atoms with Gasteiger partial charge in [0, 0.05) is 19.0 Å². The lowest BCUT2D eigenvalue weighted by molar-refractivity contribution is 0.982. The van der Waals surface area contributed by atoms with E-state index in [1.807, 2.05) is 43.1 Å². The number of rotatable bonds is 6. The number of thioether (sulfide) groups is 1. The van der Waals surface area contributed by atoms with Crippen LogP contribution < -0.4 is 10.6 Å². The molecule has 18 heavy (non-hydrogen) atoms. The van der Waals surface area contributed by atoms with Crippen LogP contribution in [0, 0.1) is 0 Å². The standard InChI is InChI=1S/C13H18N4S/c1-14-13-16-11-7-4-3-6-10(11)12(17-13)15-8-5-9-18-2/h3-4,6-7H,5,8-9H2,1-2H3,(H2,14,15,16,17). The van der Waals surface area contributed by atoms with Gasteiger partial charge >= 0.3 is 0 Å². The molecule has 5 heteroatoms. The Hall–Kier alpha value is -1.49. The molecular weight excluding hydrogens is 244 g/mol. The molecule has 0 unspecified atom stereocenters. The van der Waals surface area contributed by atoms with Crippen LogP contribution in [-0.2, 0) is 0 Å². The Morgan fingerprint density at radius 3 is 2.83 bits per heavy atom. The van der Waals surface area contributed by atoms with Gasteiger partial charge in [-0.3, -0.25) is 0 Å². The molecule has 4 nitrogen and oxygen atoms in total. The van der Waals surface area contributed by atoms with Gasteiger partial charge < -0.3 is 10.6 Å². The molecule has 0 aliphatic heterocycles. The third-order valence-electron chi connectivity index (χ3n) is 2.64. The first kappa shape index (κ1) is 13.0. The van der Waals surface area contributed by atoms with Gasteiger partial charge in [0.25, 0.3) is 0 Å². The SMILES string of the molecule is CNc1nc(NCCCSC)c2ccccc2n1. The molecule has 2 aromatic rings. The fourth-order valence-corrected chi connectivity index (χ4v) is 2.18. The van der Waals surface area contributed by atoms with Crippen LogP contribution in [0.2, 0.25) is 0 Å². The Morgan fingerprint density at radius 1 is 1.22 bits per heavy atom. The van der Waals surface area contributed by atoms with E-state index in [0.29, 0.717) is 5.95 Å². The maximum Gasteiger partial charge on any atom is 0.224 e. The molecular formula is C13H18N4S. The first-order valence-electron chi connectivity index (χ1n) is 6.02. The summed E-state index contributed by atoms with van der Waals surface area (Å²) in [6.07, 6.45) is 3.26. The summed E-state index contributed by atoms with van der Waals surface area (Å²) in [6.45, 7) is 0.936. The van der Waals surface area contributed by atoms with Crippen molar-refractivity contribution < 1.29 is 0 Å². The Bertz CT molecular complexity index is 515. The lowest BCUT2D eigenvalue weighted by Crippen LogP contribution is -2.07. The Balaban J connectivity index is 2.23. The summed E-state index contributed by atoms with van der Waals surface area (Å²) in [6, 6.07) is 8.06. The van der Waals surface area contributed by atoms with Gasteiger partial charge in [-0.15, -0.1) is 0 Å². The Labute approximate surface area is 112 Å². The molecule has 0 saturated carbocycles. The van der Waals surface area contributed by atoms with Crippen molar-refractivity contribution in [2.75, 3.05) is 36.2 Å². The second-order valence-electron chi connectivity index (χ2n) is 3.94. The second-order valence-corrected chi connectivity index (χ2v) is 4.92. The molecule has 0 atom stereocenters. The van der Waals surface area contributed by atoms with E-state index in [1.54, 1.807) is 0 Å². The van der Waals surface area contributed by atoms with Crippen LogP contribution in [0.25, 0.3) is 10.9 Å². The van der Waals surface area contributed by atoms with Crippen LogP contribution in [0.3, 0.4) is 0 Å². The van der Waals surface area contributed by atoms with Crippen molar-refractivity contribution in [3.63, 3.8) is 0 Å². The maximum absolute atomic E-state index is 4.48. The summed E-state index contributed by atoms with van der Waals surface area (Å²) < 4.78 is 0. The Morgan fingerprint density at radius 2 is 2.06 bits per heavy atom. The molecule has 0 fully saturated rings. The maximum atomic E-state index is 4.48. The highest BCUT2D eigenvalue weighted by Gasteiger charge is 2.05. The molecule has 1 heterocycles. The predicted molar refractivity (Wildman–Crippen MR) is 80.6 cm³/mol. The van der Waals surface area contributed by atoms with Gasteiger partial charge in [-0.05, 0) is 30.6 Å². The van der Waals surface area contributed by atoms with E-state index in [1.165, 1.54) is 0 Å². The minimum Gasteiger partial charge on any atom is -0.369 e. The molecule has 0 aliphatic rings. The van der Waals surface area contributed by atoms with E-state index in [0.717, 1.165) is 35.4 Å². The number of fused-ring (bicyclic) bond motifs is 1. The zero-order valence-corrected chi connectivity index (χ0v) is 11.5. The normalized spacial score (nSPS) is 10.6. The molecule has 2 N–H and O–H groups in total. The van der Waals surface area contributed by atoms with E-state index in [4.69, 9.17) is 0 Å². The van der Waals surface area contributed by atoms with Crippen LogP contribution in [-0.4, -0.2) is 35.6 Å². The third kappa shape index (κ3) is 3.04. The molecule has 2 rings (SSSR count). The van der Waals surface area contributed by atoms with Crippen LogP contribution in [0.5, 0.6) is 0 Å². The topological polar surface area (TPSA) is 49.8 Å². The predicted octanol–water partition coefficient (Wildman–Crippen LogP) is 2.84. The Kier molecular flexibility index (Phi) is 4.64. The smallest absolute Gasteiger partial charge is 0.224 e. The molecule has 0 radical (unpaired) electrons. The zero-order valence-electron chi connectivity index (χ0n) is 10.7. The number of hydrogen-bond donors (Lipinski definition) is 2. The van der Waals surface area contributed by atoms with Crippen LogP contribution >= 0.6 is 11.8 Å². The average molecular weight is 262 g/mol. The van der Waals surface area contributed by atoms with Gasteiger partial charge in [-0.2, -0.15) is 16.7 Å². The van der Waals surface area contributed by atoms with Crippen LogP contribution in [0.4, 0.5) is 11.8 Å². The van der Waals surface area contributed by atoms with Crippen molar-refractivity contribution in [3.8, 4) is 0 Å². The highest BCUT2D eigenvalue weighted by Crippen LogP contribution is 2.21. The molecule has 96 valence electrons. The zero-order chi connectivity index (χ0) is 12.8. The van der Waals surface area contributed by atoms with Gasteiger partial charge in [0.1, 0.15) is 5.82 Å². The van der Waals surface area contributed by atoms with Crippen molar-refractivity contribution in [1.29, 1.82) is 0 Å². The largest absolute Gasteiger partial charge is 0.369 e. The fourth-order valence-electron chi connectivity index (χ4n) is 1.75. The first-order valence-corrected chi connectivity index (χ1v) is 7.42. The van der Waals surface area contributed by atoms with Crippen LogP contribution in [0.15, 0.2) is 24.3 Å². The van der Waals surface area contributed by atoms with E-state index in [-0.39, 0.29) is 0 Å². The molecule has 1 aromatic heterocycles. The molecule has 0 bridgehead atoms. The van der Waals surface area contributed by atoms with E-state index >= 15 is 0 Å². The van der Waals surface area contributed by atoms with E-state index in [2.05, 4.69) is 26.9 Å². The highest BCUT2D eigenvalue weighted by molar-refractivity contribution is 7.98. The summed E-state index contributed by atoms with van der Waals surface area (Å²) >= 11 is 1.86. The van der Waals surface area contributed by atoms with Gasteiger partial charge in [0.15, 0.2) is 0 Å². The minimum atomic E-state index is 0.654. The molecule has 1 aromatic carbocycles. The van der Waals surface area contributed by atoms with Crippen molar-refractivity contribution in [2.45, 2.75) is 6.42 Å². The van der Waals surface area contributed by atoms with Crippen molar-refractivity contribution in [2.24, 2.45) is 0 Å². The van der Waals surface area contributed by atoms with Crippen LogP contribution in [0.1, 0.15) is 6.42 Å². The van der Waals surface area contributed by atoms with Gasteiger partial charge in [0.2, 0.25) is 5.95 Å². The number of benzene rings is 1. The number of aromatic nitrogens is 2. The number of hydrogen-bond acceptors (Lipinski definition) is 5. The van der Waals surface area contributed by atoms with E-state index < -0.39 is 0 Å². The van der Waals surface area contributed by atoms with Crippen molar-refractivity contribution in [3.05, 3.63) is 24.3 Å². The van der Waals surface area contributed by atoms with Crippen molar-refractivity contribution >= 4 is 34.4 Å². The van der Waals surface area contributed by atoms with Gasteiger partial charge in [-0.1, -0.05) is 12.1 Å². The number of nitrogens with zero attached hydrogens (tertiary/aromatic N) is 2. The first-order chi connectivity index (χ1) is 8.85. The highest BCUT2D eigenvalue weighted by atomic mass is 32.2. The molecule has 0 amide bonds. The second kappa shape index (κ2) is 6.44. The minimum absolute atomic E-state index is 0.654. The summed E-state index contributed by atoms with van der Waals surface area (Å²) in [5.74, 6) is 2.72. The fraction of sp³-hybridized carbons (Fsp3) is 0.385. The van der Waals surface area contributed by atoms with Crippen molar-refractivity contribution in [1.82, 2.24) is 9.97 Å². The quantitative estimate of drug-likeness (QED) is 0.784. The molecule has 0 spiro atoms. The van der Waals surface area contributed by atoms with Gasteiger partial charge in [0.05, 0.1) is 5.52 Å². The third-order valence-corrected chi connectivity index (χ3v) is 3.34. The lowest BCUT2D eigenvalue weighted by Gasteiger charge is -2.10. The number of para-hydroxylation sites is 1. The molecule has 0 saturated heterocycles. The van der Waals surface area contributed by atoms with Gasteiger partial charge in [-0.25, -0.2) is 4.98 Å². The lowest BCUT2D eigenvalue weighted by atomic mass is 10.2. The number of anilines is 2. The summed E-state index contributed by atoms with van der Waals surface area (Å²) in [7, 11) is 1.83. The average Bonchev–Trinajstić information content (AvgIpc) is 2.43. The van der Waals surface area contributed by atoms with E-state index in [9.17, 15) is 0 Å². The summed E-state index contributed by atoms with van der Waals surface area (Å²) in [5.41, 5.74) is 0.962. The summed E-state index contributed by atoms with van der Waals surface area (Å²) in [4.78, 5) is 8.91. The monoisotopic (exact) mass is 262 g/mol. The summed E-state index contributed by atoms with van der Waals surface area (Å²) in [5, 5.41) is 7.46. The number of nitrogens with one attached hydrogen (secondary N) is 2.